The molecule has 2 N–H and O–H groups in total. The molecule has 2 rings (SSSR count). The number of nitrogens with one attached hydrogen (secondary N) is 1. The normalized spacial score (nSPS) is 14.1. The maximum Gasteiger partial charge on any atom is 0.336 e. The fourth-order valence-electron chi connectivity index (χ4n) is 1.53. The Morgan fingerprint density at radius 2 is 2.27 bits per heavy atom. The zero-order valence-corrected chi connectivity index (χ0v) is 8.84. The summed E-state index contributed by atoms with van der Waals surface area (Å²) in [6, 6.07) is 5.10. The van der Waals surface area contributed by atoms with E-state index in [-0.39, 0.29) is 12.4 Å². The number of carboxylic acid groups (broad SMARTS) is 1. The Balaban J connectivity index is 0.00000112. The second kappa shape index (κ2) is 5.00. The van der Waals surface area contributed by atoms with Crippen LogP contribution < -0.4 is 10.1 Å². The van der Waals surface area contributed by atoms with E-state index in [1.807, 2.05) is 0 Å². The second-order valence-electron chi connectivity index (χ2n) is 3.11. The van der Waals surface area contributed by atoms with Gasteiger partial charge in [0.25, 0.3) is 0 Å². The van der Waals surface area contributed by atoms with Crippen LogP contribution in [0.25, 0.3) is 0 Å². The molecule has 0 bridgehead atoms. The predicted molar refractivity (Wildman–Crippen MR) is 57.9 cm³/mol. The van der Waals surface area contributed by atoms with Crippen molar-refractivity contribution in [2.45, 2.75) is 6.54 Å². The second-order valence-corrected chi connectivity index (χ2v) is 3.11. The highest BCUT2D eigenvalue weighted by Gasteiger charge is 2.16. The van der Waals surface area contributed by atoms with Crippen LogP contribution in [0.4, 0.5) is 0 Å². The van der Waals surface area contributed by atoms with E-state index in [2.05, 4.69) is 5.32 Å². The van der Waals surface area contributed by atoms with Gasteiger partial charge in [0.05, 0.1) is 5.56 Å². The molecule has 0 unspecified atom stereocenters. The lowest BCUT2D eigenvalue weighted by Crippen LogP contribution is -2.17. The van der Waals surface area contributed by atoms with E-state index >= 15 is 0 Å². The number of rotatable bonds is 1. The van der Waals surface area contributed by atoms with Gasteiger partial charge in [0.2, 0.25) is 0 Å². The van der Waals surface area contributed by atoms with Crippen molar-refractivity contribution in [3.05, 3.63) is 29.3 Å². The number of ether oxygens (including phenoxy) is 1. The summed E-state index contributed by atoms with van der Waals surface area (Å²) in [6.45, 7) is 1.88. The SMILES string of the molecule is Cl.O=C(O)c1cccc2c1CNCCO2. The van der Waals surface area contributed by atoms with Crippen LogP contribution in [0.1, 0.15) is 15.9 Å². The lowest BCUT2D eigenvalue weighted by molar-refractivity contribution is 0.0695. The maximum atomic E-state index is 10.9. The van der Waals surface area contributed by atoms with Crippen molar-refractivity contribution in [1.82, 2.24) is 5.32 Å². The highest BCUT2D eigenvalue weighted by Crippen LogP contribution is 2.23. The van der Waals surface area contributed by atoms with E-state index in [4.69, 9.17) is 9.84 Å². The smallest absolute Gasteiger partial charge is 0.336 e. The standard InChI is InChI=1S/C10H11NO3.ClH/c12-10(13)7-2-1-3-9-8(7)6-11-4-5-14-9;/h1-3,11H,4-6H2,(H,12,13);1H. The van der Waals surface area contributed by atoms with Crippen LogP contribution in [0, 0.1) is 0 Å². The highest BCUT2D eigenvalue weighted by molar-refractivity contribution is 5.90. The number of fused-ring (bicyclic) bond motifs is 1. The van der Waals surface area contributed by atoms with Gasteiger partial charge in [0, 0.05) is 18.7 Å². The molecule has 1 aromatic rings. The molecule has 0 aromatic heterocycles. The number of aromatic carboxylic acids is 1. The lowest BCUT2D eigenvalue weighted by atomic mass is 10.1. The first-order valence-electron chi connectivity index (χ1n) is 4.48. The van der Waals surface area contributed by atoms with Crippen molar-refractivity contribution in [2.75, 3.05) is 13.2 Å². The van der Waals surface area contributed by atoms with Gasteiger partial charge in [0.15, 0.2) is 0 Å². The van der Waals surface area contributed by atoms with E-state index in [1.165, 1.54) is 0 Å². The molecule has 82 valence electrons. The summed E-state index contributed by atoms with van der Waals surface area (Å²) >= 11 is 0. The van der Waals surface area contributed by atoms with Crippen molar-refractivity contribution in [1.29, 1.82) is 0 Å². The molecule has 0 atom stereocenters. The highest BCUT2D eigenvalue weighted by atomic mass is 35.5. The van der Waals surface area contributed by atoms with E-state index in [0.29, 0.717) is 24.5 Å². The van der Waals surface area contributed by atoms with Crippen LogP contribution in [0.15, 0.2) is 18.2 Å². The molecule has 15 heavy (non-hydrogen) atoms. The molecule has 1 heterocycles. The maximum absolute atomic E-state index is 10.9. The Morgan fingerprint density at radius 3 is 3.00 bits per heavy atom. The summed E-state index contributed by atoms with van der Waals surface area (Å²) in [4.78, 5) is 10.9. The monoisotopic (exact) mass is 229 g/mol. The summed E-state index contributed by atoms with van der Waals surface area (Å²) in [5, 5.41) is 12.1. The molecule has 0 saturated heterocycles. The van der Waals surface area contributed by atoms with Crippen LogP contribution >= 0.6 is 12.4 Å². The van der Waals surface area contributed by atoms with Crippen LogP contribution in [-0.2, 0) is 6.54 Å². The molecule has 0 radical (unpaired) electrons. The van der Waals surface area contributed by atoms with Crippen LogP contribution in [0.3, 0.4) is 0 Å². The first kappa shape index (κ1) is 11.8. The van der Waals surface area contributed by atoms with Gasteiger partial charge in [-0.2, -0.15) is 0 Å². The Labute approximate surface area is 93.7 Å². The summed E-state index contributed by atoms with van der Waals surface area (Å²) < 4.78 is 5.41. The fraction of sp³-hybridized carbons (Fsp3) is 0.300. The molecule has 0 amide bonds. The van der Waals surface area contributed by atoms with E-state index in [0.717, 1.165) is 12.1 Å². The van der Waals surface area contributed by atoms with Gasteiger partial charge in [-0.05, 0) is 12.1 Å². The Kier molecular flexibility index (Phi) is 3.94. The summed E-state index contributed by atoms with van der Waals surface area (Å²) in [5.74, 6) is -0.232. The molecule has 0 aliphatic carbocycles. The molecule has 1 aromatic carbocycles. The minimum atomic E-state index is -0.908. The van der Waals surface area contributed by atoms with Crippen molar-refractivity contribution >= 4 is 18.4 Å². The summed E-state index contributed by atoms with van der Waals surface area (Å²) in [6.07, 6.45) is 0. The van der Waals surface area contributed by atoms with Crippen molar-refractivity contribution in [3.8, 4) is 5.75 Å². The topological polar surface area (TPSA) is 58.6 Å². The van der Waals surface area contributed by atoms with E-state index in [9.17, 15) is 4.79 Å². The Hall–Kier alpha value is -1.26. The number of benzene rings is 1. The molecule has 0 spiro atoms. The number of hydrogen-bond donors (Lipinski definition) is 2. The number of hydrogen-bond acceptors (Lipinski definition) is 3. The van der Waals surface area contributed by atoms with Gasteiger partial charge in [-0.1, -0.05) is 6.07 Å². The summed E-state index contributed by atoms with van der Waals surface area (Å²) in [7, 11) is 0. The zero-order chi connectivity index (χ0) is 9.97. The molecule has 0 fully saturated rings. The third kappa shape index (κ3) is 2.40. The van der Waals surface area contributed by atoms with Gasteiger partial charge in [-0.15, -0.1) is 12.4 Å². The fourth-order valence-corrected chi connectivity index (χ4v) is 1.53. The van der Waals surface area contributed by atoms with Crippen LogP contribution in [-0.4, -0.2) is 24.2 Å². The first-order chi connectivity index (χ1) is 6.79. The van der Waals surface area contributed by atoms with Crippen LogP contribution in [0.2, 0.25) is 0 Å². The summed E-state index contributed by atoms with van der Waals surface area (Å²) in [5.41, 5.74) is 1.05. The van der Waals surface area contributed by atoms with Crippen molar-refractivity contribution in [2.24, 2.45) is 0 Å². The minimum Gasteiger partial charge on any atom is -0.492 e. The van der Waals surface area contributed by atoms with Gasteiger partial charge < -0.3 is 15.2 Å². The molecule has 1 aliphatic rings. The van der Waals surface area contributed by atoms with Crippen molar-refractivity contribution in [3.63, 3.8) is 0 Å². The Morgan fingerprint density at radius 1 is 1.47 bits per heavy atom. The third-order valence-electron chi connectivity index (χ3n) is 2.20. The van der Waals surface area contributed by atoms with Gasteiger partial charge in [-0.3, -0.25) is 0 Å². The molecular weight excluding hydrogens is 218 g/mol. The van der Waals surface area contributed by atoms with Gasteiger partial charge in [-0.25, -0.2) is 4.79 Å². The third-order valence-corrected chi connectivity index (χ3v) is 2.20. The average Bonchev–Trinajstić information content (AvgIpc) is 2.41. The van der Waals surface area contributed by atoms with Gasteiger partial charge >= 0.3 is 5.97 Å². The molecule has 5 heteroatoms. The average molecular weight is 230 g/mol. The molecule has 4 nitrogen and oxygen atoms in total. The first-order valence-corrected chi connectivity index (χ1v) is 4.48. The van der Waals surface area contributed by atoms with Crippen LogP contribution in [0.5, 0.6) is 5.75 Å². The van der Waals surface area contributed by atoms with E-state index < -0.39 is 5.97 Å². The number of halogens is 1. The lowest BCUT2D eigenvalue weighted by Gasteiger charge is -2.08. The van der Waals surface area contributed by atoms with Gasteiger partial charge in [0.1, 0.15) is 12.4 Å². The Bertz CT molecular complexity index is 368. The molecular formula is C10H12ClNO3. The quantitative estimate of drug-likeness (QED) is 0.762. The largest absolute Gasteiger partial charge is 0.492 e. The van der Waals surface area contributed by atoms with Crippen molar-refractivity contribution < 1.29 is 14.6 Å². The van der Waals surface area contributed by atoms with E-state index in [1.54, 1.807) is 18.2 Å². The molecule has 0 saturated carbocycles. The zero-order valence-electron chi connectivity index (χ0n) is 8.03. The predicted octanol–water partition coefficient (Wildman–Crippen LogP) is 1.29. The molecule has 1 aliphatic heterocycles. The minimum absolute atomic E-state index is 0. The number of carboxylic acids is 1. The number of carbonyl (C=O) groups is 1.